The third kappa shape index (κ3) is 5.48. The fourth-order valence-electron chi connectivity index (χ4n) is 5.12. The Bertz CT molecular complexity index is 1060. The molecule has 8 nitrogen and oxygen atoms in total. The number of nitrogens with one attached hydrogen (secondary N) is 1. The first-order valence-corrected chi connectivity index (χ1v) is 12.2. The number of alkyl carbamates (subject to hydrolysis) is 1. The third-order valence-corrected chi connectivity index (χ3v) is 7.11. The maximum atomic E-state index is 13.2. The lowest BCUT2D eigenvalue weighted by atomic mass is 9.90. The van der Waals surface area contributed by atoms with E-state index in [2.05, 4.69) is 5.32 Å². The van der Waals surface area contributed by atoms with Crippen molar-refractivity contribution >= 4 is 18.0 Å². The van der Waals surface area contributed by atoms with E-state index in [4.69, 9.17) is 9.84 Å². The number of hydrogen-bond acceptors (Lipinski definition) is 5. The van der Waals surface area contributed by atoms with Gasteiger partial charge in [-0.25, -0.2) is 4.79 Å². The van der Waals surface area contributed by atoms with Gasteiger partial charge in [-0.2, -0.15) is 0 Å². The van der Waals surface area contributed by atoms with Gasteiger partial charge in [0.1, 0.15) is 12.6 Å². The highest BCUT2D eigenvalue weighted by atomic mass is 16.5. The number of carbonyl (C=O) groups excluding carboxylic acids is 2. The van der Waals surface area contributed by atoms with E-state index in [0.717, 1.165) is 22.3 Å². The van der Waals surface area contributed by atoms with Crippen LogP contribution >= 0.6 is 0 Å². The van der Waals surface area contributed by atoms with Gasteiger partial charge in [0.05, 0.1) is 5.60 Å². The number of likely N-dealkylation sites (tertiary alicyclic amines) is 1. The number of carbonyl (C=O) groups is 3. The van der Waals surface area contributed by atoms with Gasteiger partial charge in [0.2, 0.25) is 5.91 Å². The van der Waals surface area contributed by atoms with Crippen molar-refractivity contribution in [2.45, 2.75) is 56.6 Å². The molecule has 0 bridgehead atoms. The lowest BCUT2D eigenvalue weighted by Crippen LogP contribution is -2.55. The van der Waals surface area contributed by atoms with Crippen molar-refractivity contribution in [1.82, 2.24) is 10.2 Å². The average Bonchev–Trinajstić information content (AvgIpc) is 3.18. The number of carboxylic acid groups (broad SMARTS) is 1. The van der Waals surface area contributed by atoms with Crippen LogP contribution in [0.1, 0.15) is 56.1 Å². The number of nitrogens with zero attached hydrogens (tertiary/aromatic N) is 1. The Kier molecular flexibility index (Phi) is 7.40. The molecule has 2 atom stereocenters. The number of amides is 2. The monoisotopic (exact) mass is 480 g/mol. The molecule has 1 aliphatic heterocycles. The molecule has 0 saturated carbocycles. The molecule has 2 aromatic rings. The number of carboxylic acids is 1. The highest BCUT2D eigenvalue weighted by Crippen LogP contribution is 2.44. The van der Waals surface area contributed by atoms with Gasteiger partial charge in [-0.05, 0) is 47.9 Å². The lowest BCUT2D eigenvalue weighted by Gasteiger charge is -2.40. The molecular weight excluding hydrogens is 448 g/mol. The summed E-state index contributed by atoms with van der Waals surface area (Å²) >= 11 is 0. The summed E-state index contributed by atoms with van der Waals surface area (Å²) < 4.78 is 5.56. The maximum Gasteiger partial charge on any atom is 0.407 e. The summed E-state index contributed by atoms with van der Waals surface area (Å²) in [5.41, 5.74) is 3.41. The van der Waals surface area contributed by atoms with E-state index in [9.17, 15) is 19.5 Å². The Morgan fingerprint density at radius 3 is 2.34 bits per heavy atom. The normalized spacial score (nSPS) is 20.0. The Hall–Kier alpha value is -3.39. The van der Waals surface area contributed by atoms with Gasteiger partial charge in [-0.3, -0.25) is 9.59 Å². The Morgan fingerprint density at radius 1 is 1.11 bits per heavy atom. The van der Waals surface area contributed by atoms with E-state index >= 15 is 0 Å². The molecule has 2 amide bonds. The molecule has 8 heteroatoms. The van der Waals surface area contributed by atoms with Crippen LogP contribution in [0.5, 0.6) is 0 Å². The van der Waals surface area contributed by atoms with Gasteiger partial charge < -0.3 is 25.2 Å². The molecule has 2 aliphatic rings. The fraction of sp³-hybridized carbons (Fsp3) is 0.444. The van der Waals surface area contributed by atoms with E-state index in [-0.39, 0.29) is 31.9 Å². The van der Waals surface area contributed by atoms with Crippen LogP contribution in [0, 0.1) is 0 Å². The average molecular weight is 481 g/mol. The van der Waals surface area contributed by atoms with E-state index in [0.29, 0.717) is 25.8 Å². The standard InChI is InChI=1S/C27H32N2O6/c1-2-27(34)14-7-15-29(17-27)25(32)23(12-13-24(30)31)28-26(33)35-16-22-20-10-5-3-8-18(20)19-9-4-6-11-21(19)22/h3-6,8-11,22-23,34H,2,7,12-17H2,1H3,(H,28,33)(H,30,31). The van der Waals surface area contributed by atoms with Crippen LogP contribution in [0.2, 0.25) is 0 Å². The van der Waals surface area contributed by atoms with Gasteiger partial charge in [0, 0.05) is 25.4 Å². The molecule has 186 valence electrons. The molecule has 2 aromatic carbocycles. The second-order valence-electron chi connectivity index (χ2n) is 9.40. The SMILES string of the molecule is CCC1(O)CCCN(C(=O)C(CCC(=O)O)NC(=O)OCC2c3ccccc3-c3ccccc32)C1. The van der Waals surface area contributed by atoms with Gasteiger partial charge in [0.25, 0.3) is 0 Å². The summed E-state index contributed by atoms with van der Waals surface area (Å²) in [7, 11) is 0. The number of rotatable bonds is 8. The Balaban J connectivity index is 1.43. The van der Waals surface area contributed by atoms with Crippen molar-refractivity contribution in [2.75, 3.05) is 19.7 Å². The van der Waals surface area contributed by atoms with Gasteiger partial charge in [-0.1, -0.05) is 55.5 Å². The van der Waals surface area contributed by atoms with E-state index in [1.54, 1.807) is 0 Å². The van der Waals surface area contributed by atoms with E-state index < -0.39 is 29.6 Å². The minimum absolute atomic E-state index is 0.0561. The van der Waals surface area contributed by atoms with Crippen LogP contribution in [0.4, 0.5) is 4.79 Å². The molecule has 35 heavy (non-hydrogen) atoms. The van der Waals surface area contributed by atoms with Gasteiger partial charge in [-0.15, -0.1) is 0 Å². The van der Waals surface area contributed by atoms with Crippen LogP contribution in [0.15, 0.2) is 48.5 Å². The number of benzene rings is 2. The summed E-state index contributed by atoms with van der Waals surface area (Å²) in [6, 6.07) is 15.0. The first-order valence-electron chi connectivity index (χ1n) is 12.2. The van der Waals surface area contributed by atoms with E-state index in [1.165, 1.54) is 4.90 Å². The molecule has 1 aliphatic carbocycles. The number of ether oxygens (including phenoxy) is 1. The van der Waals surface area contributed by atoms with Crippen LogP contribution in [-0.2, 0) is 14.3 Å². The third-order valence-electron chi connectivity index (χ3n) is 7.11. The van der Waals surface area contributed by atoms with Gasteiger partial charge in [0.15, 0.2) is 0 Å². The van der Waals surface area contributed by atoms with Crippen LogP contribution in [0.3, 0.4) is 0 Å². The molecular formula is C27H32N2O6. The zero-order valence-corrected chi connectivity index (χ0v) is 19.9. The van der Waals surface area contributed by atoms with Crippen molar-refractivity contribution in [1.29, 1.82) is 0 Å². The second-order valence-corrected chi connectivity index (χ2v) is 9.40. The summed E-state index contributed by atoms with van der Waals surface area (Å²) in [6.07, 6.45) is 0.666. The topological polar surface area (TPSA) is 116 Å². The smallest absolute Gasteiger partial charge is 0.407 e. The van der Waals surface area contributed by atoms with Crippen molar-refractivity contribution in [3.05, 3.63) is 59.7 Å². The Morgan fingerprint density at radius 2 is 1.74 bits per heavy atom. The van der Waals surface area contributed by atoms with Crippen LogP contribution in [0.25, 0.3) is 11.1 Å². The molecule has 0 radical (unpaired) electrons. The molecule has 1 fully saturated rings. The minimum atomic E-state index is -1.05. The highest BCUT2D eigenvalue weighted by molar-refractivity contribution is 5.86. The van der Waals surface area contributed by atoms with Crippen molar-refractivity contribution < 1.29 is 29.3 Å². The Labute approximate surface area is 204 Å². The molecule has 1 heterocycles. The number of piperidine rings is 1. The molecule has 2 unspecified atom stereocenters. The molecule has 0 aromatic heterocycles. The zero-order valence-electron chi connectivity index (χ0n) is 19.9. The molecule has 1 saturated heterocycles. The molecule has 4 rings (SSSR count). The largest absolute Gasteiger partial charge is 0.481 e. The predicted molar refractivity (Wildman–Crippen MR) is 130 cm³/mol. The van der Waals surface area contributed by atoms with Crippen molar-refractivity contribution in [2.24, 2.45) is 0 Å². The highest BCUT2D eigenvalue weighted by Gasteiger charge is 2.37. The summed E-state index contributed by atoms with van der Waals surface area (Å²) in [5, 5.41) is 22.4. The van der Waals surface area contributed by atoms with E-state index in [1.807, 2.05) is 55.5 Å². The van der Waals surface area contributed by atoms with Crippen molar-refractivity contribution in [3.63, 3.8) is 0 Å². The number of fused-ring (bicyclic) bond motifs is 3. The zero-order chi connectivity index (χ0) is 25.0. The fourth-order valence-corrected chi connectivity index (χ4v) is 5.12. The molecule has 0 spiro atoms. The lowest BCUT2D eigenvalue weighted by molar-refractivity contribution is -0.141. The molecule has 3 N–H and O–H groups in total. The van der Waals surface area contributed by atoms with Crippen LogP contribution in [-0.4, -0.2) is 64.4 Å². The summed E-state index contributed by atoms with van der Waals surface area (Å²) in [6.45, 7) is 2.58. The minimum Gasteiger partial charge on any atom is -0.481 e. The first-order chi connectivity index (χ1) is 16.8. The number of aliphatic hydroxyl groups is 1. The van der Waals surface area contributed by atoms with Gasteiger partial charge >= 0.3 is 12.1 Å². The number of hydrogen-bond donors (Lipinski definition) is 3. The summed E-state index contributed by atoms with van der Waals surface area (Å²) in [5.74, 6) is -1.57. The summed E-state index contributed by atoms with van der Waals surface area (Å²) in [4.78, 5) is 38.6. The number of β-amino-alcohol motifs (C(OH)–C–C–N with tert-alkyl or cyclic N) is 1. The quantitative estimate of drug-likeness (QED) is 0.532. The van der Waals surface area contributed by atoms with Crippen molar-refractivity contribution in [3.8, 4) is 11.1 Å². The van der Waals surface area contributed by atoms with Crippen LogP contribution < -0.4 is 5.32 Å². The maximum absolute atomic E-state index is 13.2. The second kappa shape index (κ2) is 10.5. The first kappa shape index (κ1) is 24.7. The number of aliphatic carboxylic acids is 1. The predicted octanol–water partition coefficient (Wildman–Crippen LogP) is 3.52.